The molecule has 0 aromatic heterocycles. The first-order valence-corrected chi connectivity index (χ1v) is 6.48. The van der Waals surface area contributed by atoms with E-state index in [0.29, 0.717) is 23.8 Å². The Hall–Kier alpha value is -1.10. The summed E-state index contributed by atoms with van der Waals surface area (Å²) >= 11 is 5.92. The molecular formula is C14H19ClO4. The van der Waals surface area contributed by atoms with Crippen LogP contribution in [-0.2, 0) is 14.2 Å². The molecule has 0 saturated carbocycles. The molecule has 0 spiro atoms. The van der Waals surface area contributed by atoms with E-state index in [1.807, 2.05) is 6.92 Å². The number of benzene rings is 1. The number of carbonyl (C=O) groups excluding carboxylic acids is 1. The fourth-order valence-electron chi connectivity index (χ4n) is 1.49. The van der Waals surface area contributed by atoms with E-state index in [2.05, 4.69) is 0 Å². The van der Waals surface area contributed by atoms with Crippen molar-refractivity contribution < 1.29 is 19.0 Å². The second kappa shape index (κ2) is 8.15. The first-order valence-electron chi connectivity index (χ1n) is 6.10. The monoisotopic (exact) mass is 286 g/mol. The van der Waals surface area contributed by atoms with Crippen molar-refractivity contribution in [2.24, 2.45) is 0 Å². The minimum atomic E-state index is -0.443. The van der Waals surface area contributed by atoms with Gasteiger partial charge in [-0.15, -0.1) is 0 Å². The van der Waals surface area contributed by atoms with E-state index in [1.165, 1.54) is 0 Å². The summed E-state index contributed by atoms with van der Waals surface area (Å²) in [7, 11) is 1.61. The number of hydrogen-bond acceptors (Lipinski definition) is 4. The minimum absolute atomic E-state index is 0.0357. The van der Waals surface area contributed by atoms with Crippen LogP contribution in [0.3, 0.4) is 0 Å². The van der Waals surface area contributed by atoms with Crippen molar-refractivity contribution in [3.05, 3.63) is 34.9 Å². The van der Waals surface area contributed by atoms with Crippen LogP contribution in [-0.4, -0.2) is 38.5 Å². The van der Waals surface area contributed by atoms with E-state index in [0.717, 1.165) is 0 Å². The maximum absolute atomic E-state index is 11.9. The van der Waals surface area contributed by atoms with Crippen LogP contribution in [0.25, 0.3) is 0 Å². The lowest BCUT2D eigenvalue weighted by molar-refractivity contribution is -0.0383. The number of methoxy groups -OCH3 is 1. The molecular weight excluding hydrogens is 268 g/mol. The molecule has 0 fully saturated rings. The smallest absolute Gasteiger partial charge is 0.339 e. The molecule has 0 amide bonds. The van der Waals surface area contributed by atoms with Crippen LogP contribution >= 0.6 is 11.6 Å². The summed E-state index contributed by atoms with van der Waals surface area (Å²) < 4.78 is 15.7. The van der Waals surface area contributed by atoms with Crippen LogP contribution < -0.4 is 0 Å². The molecule has 0 bridgehead atoms. The average Bonchev–Trinajstić information content (AvgIpc) is 2.37. The summed E-state index contributed by atoms with van der Waals surface area (Å²) in [6.07, 6.45) is -0.380. The molecule has 0 radical (unpaired) electrons. The standard InChI is InChI=1S/C14H19ClO4/c1-10(8-17-3)18-9-11(2)19-14(16)12-6-4-5-7-13(12)15/h4-7,10-11H,8-9H2,1-3H3. The van der Waals surface area contributed by atoms with Crippen LogP contribution in [0.1, 0.15) is 24.2 Å². The molecule has 0 heterocycles. The molecule has 1 rings (SSSR count). The van der Waals surface area contributed by atoms with Gasteiger partial charge in [-0.05, 0) is 26.0 Å². The Morgan fingerprint density at radius 2 is 1.89 bits per heavy atom. The van der Waals surface area contributed by atoms with Crippen LogP contribution in [0.5, 0.6) is 0 Å². The van der Waals surface area contributed by atoms with Gasteiger partial charge in [0.1, 0.15) is 6.10 Å². The first kappa shape index (κ1) is 16.0. The highest BCUT2D eigenvalue weighted by molar-refractivity contribution is 6.33. The number of ether oxygens (including phenoxy) is 3. The fourth-order valence-corrected chi connectivity index (χ4v) is 1.70. The lowest BCUT2D eigenvalue weighted by Gasteiger charge is -2.17. The molecule has 0 saturated heterocycles. The third kappa shape index (κ3) is 5.59. The topological polar surface area (TPSA) is 44.8 Å². The van der Waals surface area contributed by atoms with Gasteiger partial charge in [-0.1, -0.05) is 23.7 Å². The van der Waals surface area contributed by atoms with Gasteiger partial charge in [0.2, 0.25) is 0 Å². The lowest BCUT2D eigenvalue weighted by Crippen LogP contribution is -2.25. The van der Waals surface area contributed by atoms with Crippen molar-refractivity contribution in [2.75, 3.05) is 20.3 Å². The van der Waals surface area contributed by atoms with E-state index in [-0.39, 0.29) is 12.2 Å². The van der Waals surface area contributed by atoms with Gasteiger partial charge in [-0.3, -0.25) is 0 Å². The van der Waals surface area contributed by atoms with Gasteiger partial charge in [-0.25, -0.2) is 4.79 Å². The van der Waals surface area contributed by atoms with Gasteiger partial charge in [0.25, 0.3) is 0 Å². The molecule has 106 valence electrons. The quantitative estimate of drug-likeness (QED) is 0.723. The average molecular weight is 287 g/mol. The lowest BCUT2D eigenvalue weighted by atomic mass is 10.2. The summed E-state index contributed by atoms with van der Waals surface area (Å²) in [6, 6.07) is 6.79. The Kier molecular flexibility index (Phi) is 6.84. The van der Waals surface area contributed by atoms with E-state index < -0.39 is 5.97 Å². The molecule has 5 heteroatoms. The zero-order chi connectivity index (χ0) is 14.3. The van der Waals surface area contributed by atoms with Gasteiger partial charge in [-0.2, -0.15) is 0 Å². The number of esters is 1. The van der Waals surface area contributed by atoms with Crippen molar-refractivity contribution in [1.29, 1.82) is 0 Å². The van der Waals surface area contributed by atoms with Crippen molar-refractivity contribution in [2.45, 2.75) is 26.1 Å². The van der Waals surface area contributed by atoms with Crippen LogP contribution in [0, 0.1) is 0 Å². The van der Waals surface area contributed by atoms with E-state index in [1.54, 1.807) is 38.3 Å². The number of rotatable bonds is 7. The zero-order valence-electron chi connectivity index (χ0n) is 11.4. The normalized spacial score (nSPS) is 13.9. The highest BCUT2D eigenvalue weighted by Crippen LogP contribution is 2.16. The van der Waals surface area contributed by atoms with Crippen molar-refractivity contribution in [3.63, 3.8) is 0 Å². The Morgan fingerprint density at radius 3 is 2.53 bits per heavy atom. The Balaban J connectivity index is 2.42. The second-order valence-corrected chi connectivity index (χ2v) is 4.70. The molecule has 0 aliphatic rings. The molecule has 4 nitrogen and oxygen atoms in total. The predicted molar refractivity (Wildman–Crippen MR) is 73.6 cm³/mol. The Bertz CT molecular complexity index is 408. The largest absolute Gasteiger partial charge is 0.457 e. The van der Waals surface area contributed by atoms with Gasteiger partial charge in [0, 0.05) is 7.11 Å². The Morgan fingerprint density at radius 1 is 1.21 bits per heavy atom. The zero-order valence-corrected chi connectivity index (χ0v) is 12.1. The van der Waals surface area contributed by atoms with Crippen LogP contribution in [0.4, 0.5) is 0 Å². The highest BCUT2D eigenvalue weighted by atomic mass is 35.5. The minimum Gasteiger partial charge on any atom is -0.457 e. The number of hydrogen-bond donors (Lipinski definition) is 0. The van der Waals surface area contributed by atoms with E-state index in [9.17, 15) is 4.79 Å². The highest BCUT2D eigenvalue weighted by Gasteiger charge is 2.15. The van der Waals surface area contributed by atoms with Gasteiger partial charge in [0.15, 0.2) is 0 Å². The third-order valence-electron chi connectivity index (χ3n) is 2.42. The molecule has 0 aliphatic heterocycles. The summed E-state index contributed by atoms with van der Waals surface area (Å²) in [5, 5.41) is 0.383. The van der Waals surface area contributed by atoms with E-state index >= 15 is 0 Å². The van der Waals surface area contributed by atoms with Crippen LogP contribution in [0.2, 0.25) is 5.02 Å². The molecule has 1 aromatic carbocycles. The molecule has 0 aliphatic carbocycles. The number of carbonyl (C=O) groups is 1. The van der Waals surface area contributed by atoms with Crippen molar-refractivity contribution in [1.82, 2.24) is 0 Å². The molecule has 2 atom stereocenters. The van der Waals surface area contributed by atoms with Gasteiger partial charge < -0.3 is 14.2 Å². The van der Waals surface area contributed by atoms with Crippen molar-refractivity contribution >= 4 is 17.6 Å². The second-order valence-electron chi connectivity index (χ2n) is 4.30. The van der Waals surface area contributed by atoms with Gasteiger partial charge in [0.05, 0.1) is 29.9 Å². The first-order chi connectivity index (χ1) is 9.04. The summed E-state index contributed by atoms with van der Waals surface area (Å²) in [5.74, 6) is -0.443. The molecule has 2 unspecified atom stereocenters. The molecule has 19 heavy (non-hydrogen) atoms. The maximum atomic E-state index is 11.9. The predicted octanol–water partition coefficient (Wildman–Crippen LogP) is 2.94. The summed E-state index contributed by atoms with van der Waals surface area (Å²) in [6.45, 7) is 4.49. The van der Waals surface area contributed by atoms with Crippen LogP contribution in [0.15, 0.2) is 24.3 Å². The third-order valence-corrected chi connectivity index (χ3v) is 2.75. The summed E-state index contributed by atoms with van der Waals surface area (Å²) in [4.78, 5) is 11.9. The number of halogens is 1. The van der Waals surface area contributed by atoms with E-state index in [4.69, 9.17) is 25.8 Å². The Labute approximate surface area is 118 Å². The molecule has 0 N–H and O–H groups in total. The molecule has 1 aromatic rings. The fraction of sp³-hybridized carbons (Fsp3) is 0.500. The SMILES string of the molecule is COCC(C)OCC(C)OC(=O)c1ccccc1Cl. The summed E-state index contributed by atoms with van der Waals surface area (Å²) in [5.41, 5.74) is 0.362. The van der Waals surface area contributed by atoms with Gasteiger partial charge >= 0.3 is 5.97 Å². The maximum Gasteiger partial charge on any atom is 0.339 e. The van der Waals surface area contributed by atoms with Crippen molar-refractivity contribution in [3.8, 4) is 0 Å².